The standard InChI is InChI=1S/C9H15N/c1-3-4-9-5-8(2)6-10-7-9/h6-7,9H,3-5H2,1-2H3. The molecule has 0 spiro atoms. The van der Waals surface area contributed by atoms with E-state index < -0.39 is 0 Å². The molecule has 10 heavy (non-hydrogen) atoms. The molecule has 1 rings (SSSR count). The predicted molar refractivity (Wildman–Crippen MR) is 45.3 cm³/mol. The van der Waals surface area contributed by atoms with Gasteiger partial charge in [-0.1, -0.05) is 18.9 Å². The number of nitrogens with zero attached hydrogens (tertiary/aromatic N) is 1. The number of rotatable bonds is 2. The maximum Gasteiger partial charge on any atom is 0.0253 e. The third kappa shape index (κ3) is 1.98. The smallest absolute Gasteiger partial charge is 0.0253 e. The Morgan fingerprint density at radius 2 is 2.50 bits per heavy atom. The molecule has 0 saturated heterocycles. The van der Waals surface area contributed by atoms with Crippen molar-refractivity contribution in [3.8, 4) is 0 Å². The largest absolute Gasteiger partial charge is 0.269 e. The Morgan fingerprint density at radius 3 is 3.10 bits per heavy atom. The van der Waals surface area contributed by atoms with E-state index in [9.17, 15) is 0 Å². The van der Waals surface area contributed by atoms with E-state index in [1.807, 2.05) is 6.20 Å². The molecule has 0 aliphatic carbocycles. The summed E-state index contributed by atoms with van der Waals surface area (Å²) in [7, 11) is 0. The number of hydrogen-bond acceptors (Lipinski definition) is 1. The SMILES string of the molecule is CCCC1C=NC=C(C)C1. The Hall–Kier alpha value is -0.590. The Labute approximate surface area is 62.9 Å². The highest BCUT2D eigenvalue weighted by molar-refractivity contribution is 5.63. The van der Waals surface area contributed by atoms with Crippen molar-refractivity contribution in [2.75, 3.05) is 0 Å². The van der Waals surface area contributed by atoms with Crippen molar-refractivity contribution in [3.63, 3.8) is 0 Å². The molecule has 1 nitrogen and oxygen atoms in total. The molecule has 1 heteroatoms. The first-order chi connectivity index (χ1) is 4.83. The number of hydrogen-bond donors (Lipinski definition) is 0. The molecule has 0 radical (unpaired) electrons. The van der Waals surface area contributed by atoms with Crippen LogP contribution in [-0.2, 0) is 0 Å². The summed E-state index contributed by atoms with van der Waals surface area (Å²) in [4.78, 5) is 4.17. The van der Waals surface area contributed by atoms with Crippen LogP contribution >= 0.6 is 0 Å². The lowest BCUT2D eigenvalue weighted by Crippen LogP contribution is -2.04. The van der Waals surface area contributed by atoms with E-state index in [0.717, 1.165) is 5.92 Å². The summed E-state index contributed by atoms with van der Waals surface area (Å²) in [6.45, 7) is 4.38. The van der Waals surface area contributed by atoms with Gasteiger partial charge in [0.15, 0.2) is 0 Å². The van der Waals surface area contributed by atoms with Gasteiger partial charge in [-0.3, -0.25) is 4.99 Å². The van der Waals surface area contributed by atoms with E-state index in [1.165, 1.54) is 24.8 Å². The molecule has 1 unspecified atom stereocenters. The van der Waals surface area contributed by atoms with Gasteiger partial charge in [0.1, 0.15) is 0 Å². The molecule has 1 aliphatic heterocycles. The molecular formula is C9H15N. The molecule has 0 amide bonds. The molecule has 0 N–H and O–H groups in total. The van der Waals surface area contributed by atoms with Gasteiger partial charge in [0.05, 0.1) is 0 Å². The minimum Gasteiger partial charge on any atom is -0.269 e. The molecule has 0 aromatic heterocycles. The van der Waals surface area contributed by atoms with Crippen LogP contribution in [0.2, 0.25) is 0 Å². The molecule has 0 bridgehead atoms. The highest BCUT2D eigenvalue weighted by Crippen LogP contribution is 2.18. The van der Waals surface area contributed by atoms with Gasteiger partial charge in [0.25, 0.3) is 0 Å². The van der Waals surface area contributed by atoms with Gasteiger partial charge in [-0.15, -0.1) is 0 Å². The van der Waals surface area contributed by atoms with Crippen molar-refractivity contribution >= 4 is 6.21 Å². The monoisotopic (exact) mass is 137 g/mol. The second kappa shape index (κ2) is 3.55. The van der Waals surface area contributed by atoms with Crippen LogP contribution in [0.25, 0.3) is 0 Å². The van der Waals surface area contributed by atoms with Crippen LogP contribution in [0.3, 0.4) is 0 Å². The van der Waals surface area contributed by atoms with Gasteiger partial charge < -0.3 is 0 Å². The molecule has 56 valence electrons. The zero-order chi connectivity index (χ0) is 7.40. The molecule has 1 heterocycles. The van der Waals surface area contributed by atoms with E-state index in [0.29, 0.717) is 0 Å². The normalized spacial score (nSPS) is 24.6. The van der Waals surface area contributed by atoms with Crippen LogP contribution in [0.1, 0.15) is 33.1 Å². The van der Waals surface area contributed by atoms with E-state index in [-0.39, 0.29) is 0 Å². The summed E-state index contributed by atoms with van der Waals surface area (Å²) >= 11 is 0. The second-order valence-electron chi connectivity index (χ2n) is 3.03. The second-order valence-corrected chi connectivity index (χ2v) is 3.03. The third-order valence-corrected chi connectivity index (χ3v) is 1.84. The first-order valence-corrected chi connectivity index (χ1v) is 4.02. The predicted octanol–water partition coefficient (Wildman–Crippen LogP) is 2.78. The van der Waals surface area contributed by atoms with Crippen molar-refractivity contribution in [1.29, 1.82) is 0 Å². The summed E-state index contributed by atoms with van der Waals surface area (Å²) in [6, 6.07) is 0. The number of allylic oxidation sites excluding steroid dienone is 1. The fourth-order valence-corrected chi connectivity index (χ4v) is 1.36. The summed E-state index contributed by atoms with van der Waals surface area (Å²) in [6.07, 6.45) is 7.82. The lowest BCUT2D eigenvalue weighted by Gasteiger charge is -2.13. The molecule has 0 saturated carbocycles. The van der Waals surface area contributed by atoms with Gasteiger partial charge in [-0.05, 0) is 25.7 Å². The van der Waals surface area contributed by atoms with Crippen molar-refractivity contribution in [2.24, 2.45) is 10.9 Å². The van der Waals surface area contributed by atoms with Gasteiger partial charge in [0.2, 0.25) is 0 Å². The van der Waals surface area contributed by atoms with Crippen molar-refractivity contribution < 1.29 is 0 Å². The molecule has 0 fully saturated rings. The number of aliphatic imine (C=N–C) groups is 1. The van der Waals surface area contributed by atoms with Crippen LogP contribution in [0.15, 0.2) is 16.8 Å². The first kappa shape index (κ1) is 7.52. The average molecular weight is 137 g/mol. The van der Waals surface area contributed by atoms with Crippen molar-refractivity contribution in [1.82, 2.24) is 0 Å². The fourth-order valence-electron chi connectivity index (χ4n) is 1.36. The van der Waals surface area contributed by atoms with Crippen LogP contribution in [0, 0.1) is 5.92 Å². The summed E-state index contributed by atoms with van der Waals surface area (Å²) in [5, 5.41) is 0. The van der Waals surface area contributed by atoms with Crippen LogP contribution in [0.5, 0.6) is 0 Å². The zero-order valence-electron chi connectivity index (χ0n) is 6.80. The van der Waals surface area contributed by atoms with E-state index in [4.69, 9.17) is 0 Å². The van der Waals surface area contributed by atoms with Crippen molar-refractivity contribution in [3.05, 3.63) is 11.8 Å². The molecular weight excluding hydrogens is 122 g/mol. The van der Waals surface area contributed by atoms with Crippen LogP contribution in [0.4, 0.5) is 0 Å². The highest BCUT2D eigenvalue weighted by Gasteiger charge is 2.07. The lowest BCUT2D eigenvalue weighted by atomic mass is 9.96. The van der Waals surface area contributed by atoms with Crippen molar-refractivity contribution in [2.45, 2.75) is 33.1 Å². The summed E-state index contributed by atoms with van der Waals surface area (Å²) in [5.74, 6) is 0.718. The Morgan fingerprint density at radius 1 is 1.70 bits per heavy atom. The maximum absolute atomic E-state index is 4.17. The molecule has 0 aromatic carbocycles. The van der Waals surface area contributed by atoms with Gasteiger partial charge >= 0.3 is 0 Å². The summed E-state index contributed by atoms with van der Waals surface area (Å²) < 4.78 is 0. The molecule has 1 atom stereocenters. The topological polar surface area (TPSA) is 12.4 Å². The summed E-state index contributed by atoms with van der Waals surface area (Å²) in [5.41, 5.74) is 1.42. The highest BCUT2D eigenvalue weighted by atomic mass is 14.7. The fraction of sp³-hybridized carbons (Fsp3) is 0.667. The Bertz CT molecular complexity index is 156. The Balaban J connectivity index is 2.39. The zero-order valence-corrected chi connectivity index (χ0v) is 6.80. The minimum atomic E-state index is 0.718. The van der Waals surface area contributed by atoms with Crippen LogP contribution in [-0.4, -0.2) is 6.21 Å². The molecule has 1 aliphatic rings. The first-order valence-electron chi connectivity index (χ1n) is 4.02. The lowest BCUT2D eigenvalue weighted by molar-refractivity contribution is 0.610. The minimum absolute atomic E-state index is 0.718. The quantitative estimate of drug-likeness (QED) is 0.555. The average Bonchev–Trinajstić information content (AvgIpc) is 1.88. The van der Waals surface area contributed by atoms with E-state index in [1.54, 1.807) is 0 Å². The van der Waals surface area contributed by atoms with Crippen LogP contribution < -0.4 is 0 Å². The van der Waals surface area contributed by atoms with E-state index in [2.05, 4.69) is 25.1 Å². The Kier molecular flexibility index (Phi) is 2.67. The maximum atomic E-state index is 4.17. The molecule has 0 aromatic rings. The van der Waals surface area contributed by atoms with Gasteiger partial charge in [0, 0.05) is 12.4 Å². The third-order valence-electron chi connectivity index (χ3n) is 1.84. The van der Waals surface area contributed by atoms with Gasteiger partial charge in [-0.2, -0.15) is 0 Å². The van der Waals surface area contributed by atoms with Gasteiger partial charge in [-0.25, -0.2) is 0 Å². The van der Waals surface area contributed by atoms with E-state index >= 15 is 0 Å².